The topological polar surface area (TPSA) is 38.3 Å². The van der Waals surface area contributed by atoms with E-state index in [-0.39, 0.29) is 5.91 Å². The van der Waals surface area contributed by atoms with Crippen LogP contribution in [0.15, 0.2) is 30.3 Å². The molecule has 0 spiro atoms. The number of anilines is 1. The van der Waals surface area contributed by atoms with Gasteiger partial charge in [-0.3, -0.25) is 4.79 Å². The Morgan fingerprint density at radius 1 is 0.920 bits per heavy atom. The first-order valence-corrected chi connectivity index (χ1v) is 8.85. The molecule has 0 aromatic heterocycles. The minimum atomic E-state index is -0.570. The first-order valence-electron chi connectivity index (χ1n) is 8.85. The summed E-state index contributed by atoms with van der Waals surface area (Å²) in [6.07, 6.45) is -0.570. The van der Waals surface area contributed by atoms with Gasteiger partial charge in [0.05, 0.1) is 0 Å². The fraction of sp³-hybridized carbons (Fsp3) is 0.409. The van der Waals surface area contributed by atoms with Gasteiger partial charge in [-0.25, -0.2) is 0 Å². The molecule has 0 aliphatic heterocycles. The van der Waals surface area contributed by atoms with Gasteiger partial charge < -0.3 is 10.1 Å². The number of carbonyl (C=O) groups excluding carboxylic acids is 1. The molecule has 1 amide bonds. The molecule has 134 valence electrons. The smallest absolute Gasteiger partial charge is 0.265 e. The highest BCUT2D eigenvalue weighted by atomic mass is 16.5. The van der Waals surface area contributed by atoms with Crippen LogP contribution in [0, 0.1) is 27.7 Å². The van der Waals surface area contributed by atoms with Crippen LogP contribution in [0.2, 0.25) is 0 Å². The van der Waals surface area contributed by atoms with Gasteiger partial charge in [0, 0.05) is 5.69 Å². The van der Waals surface area contributed by atoms with Gasteiger partial charge >= 0.3 is 0 Å². The Kier molecular flexibility index (Phi) is 5.89. The molecule has 2 rings (SSSR count). The van der Waals surface area contributed by atoms with E-state index in [0.29, 0.717) is 5.92 Å². The normalized spacial score (nSPS) is 12.2. The molecule has 0 saturated heterocycles. The highest BCUT2D eigenvalue weighted by Crippen LogP contribution is 2.29. The number of hydrogen-bond donors (Lipinski definition) is 1. The summed E-state index contributed by atoms with van der Waals surface area (Å²) in [6.45, 7) is 14.2. The van der Waals surface area contributed by atoms with E-state index < -0.39 is 6.10 Å². The lowest BCUT2D eigenvalue weighted by Crippen LogP contribution is -2.31. The van der Waals surface area contributed by atoms with E-state index in [2.05, 4.69) is 50.4 Å². The minimum Gasteiger partial charge on any atom is -0.481 e. The van der Waals surface area contributed by atoms with Gasteiger partial charge in [0.1, 0.15) is 5.75 Å². The third-order valence-corrected chi connectivity index (χ3v) is 4.39. The molecular formula is C22H29NO2. The second-order valence-electron chi connectivity index (χ2n) is 7.22. The average Bonchev–Trinajstić information content (AvgIpc) is 2.50. The van der Waals surface area contributed by atoms with Gasteiger partial charge in [0.2, 0.25) is 0 Å². The molecule has 0 saturated carbocycles. The van der Waals surface area contributed by atoms with Crippen LogP contribution < -0.4 is 10.1 Å². The van der Waals surface area contributed by atoms with Gasteiger partial charge in [0.25, 0.3) is 5.91 Å². The molecular weight excluding hydrogens is 310 g/mol. The van der Waals surface area contributed by atoms with Crippen LogP contribution in [0.4, 0.5) is 5.69 Å². The zero-order valence-corrected chi connectivity index (χ0v) is 16.4. The first-order chi connectivity index (χ1) is 11.7. The summed E-state index contributed by atoms with van der Waals surface area (Å²) >= 11 is 0. The monoisotopic (exact) mass is 339 g/mol. The van der Waals surface area contributed by atoms with Crippen molar-refractivity contribution in [1.29, 1.82) is 0 Å². The number of nitrogens with one attached hydrogen (secondary N) is 1. The number of ether oxygens (including phenoxy) is 1. The van der Waals surface area contributed by atoms with Crippen LogP contribution in [-0.2, 0) is 4.79 Å². The first kappa shape index (κ1) is 19.0. The van der Waals surface area contributed by atoms with Crippen LogP contribution in [0.3, 0.4) is 0 Å². The Morgan fingerprint density at radius 3 is 2.08 bits per heavy atom. The van der Waals surface area contributed by atoms with Crippen LogP contribution in [0.5, 0.6) is 5.75 Å². The van der Waals surface area contributed by atoms with E-state index >= 15 is 0 Å². The van der Waals surface area contributed by atoms with E-state index in [1.807, 2.05) is 26.8 Å². The Bertz CT molecular complexity index is 755. The maximum absolute atomic E-state index is 12.6. The molecule has 1 unspecified atom stereocenters. The molecule has 3 heteroatoms. The van der Waals surface area contributed by atoms with Crippen molar-refractivity contribution in [3.8, 4) is 5.75 Å². The van der Waals surface area contributed by atoms with Crippen molar-refractivity contribution in [2.45, 2.75) is 60.5 Å². The Hall–Kier alpha value is -2.29. The standard InChI is InChI=1S/C22H29NO2/c1-13(2)19-9-8-14(3)12-20(19)25-18(7)22(24)23-21-16(5)10-15(4)11-17(21)6/h8-13,18H,1-7H3,(H,23,24). The SMILES string of the molecule is Cc1cc(C)c(NC(=O)C(C)Oc2cc(C)ccc2C(C)C)c(C)c1. The van der Waals surface area contributed by atoms with E-state index in [1.54, 1.807) is 6.92 Å². The third kappa shape index (κ3) is 4.62. The zero-order valence-electron chi connectivity index (χ0n) is 16.4. The van der Waals surface area contributed by atoms with Crippen molar-refractivity contribution in [2.24, 2.45) is 0 Å². The van der Waals surface area contributed by atoms with Gasteiger partial charge in [0.15, 0.2) is 6.10 Å². The number of carbonyl (C=O) groups is 1. The summed E-state index contributed by atoms with van der Waals surface area (Å²) in [7, 11) is 0. The number of rotatable bonds is 5. The fourth-order valence-corrected chi connectivity index (χ4v) is 3.07. The molecule has 25 heavy (non-hydrogen) atoms. The van der Waals surface area contributed by atoms with Gasteiger partial charge in [-0.15, -0.1) is 0 Å². The summed E-state index contributed by atoms with van der Waals surface area (Å²) in [5.41, 5.74) is 6.44. The van der Waals surface area contributed by atoms with E-state index in [1.165, 1.54) is 5.56 Å². The molecule has 1 atom stereocenters. The molecule has 2 aromatic rings. The predicted octanol–water partition coefficient (Wildman–Crippen LogP) is 5.45. The van der Waals surface area contributed by atoms with Crippen molar-refractivity contribution >= 4 is 11.6 Å². The van der Waals surface area contributed by atoms with Gasteiger partial charge in [-0.2, -0.15) is 0 Å². The summed E-state index contributed by atoms with van der Waals surface area (Å²) < 4.78 is 6.01. The molecule has 1 N–H and O–H groups in total. The second kappa shape index (κ2) is 7.73. The maximum Gasteiger partial charge on any atom is 0.265 e. The molecule has 0 heterocycles. The summed E-state index contributed by atoms with van der Waals surface area (Å²) in [5.74, 6) is 0.994. The third-order valence-electron chi connectivity index (χ3n) is 4.39. The maximum atomic E-state index is 12.6. The Morgan fingerprint density at radius 2 is 1.52 bits per heavy atom. The highest BCUT2D eigenvalue weighted by Gasteiger charge is 2.19. The van der Waals surface area contributed by atoms with Crippen LogP contribution in [0.1, 0.15) is 54.5 Å². The Labute approximate surface area is 151 Å². The fourth-order valence-electron chi connectivity index (χ4n) is 3.07. The number of benzene rings is 2. The van der Waals surface area contributed by atoms with E-state index in [4.69, 9.17) is 4.74 Å². The van der Waals surface area contributed by atoms with Crippen molar-refractivity contribution in [3.63, 3.8) is 0 Å². The molecule has 0 bridgehead atoms. The lowest BCUT2D eigenvalue weighted by atomic mass is 10.0. The summed E-state index contributed by atoms with van der Waals surface area (Å²) in [4.78, 5) is 12.6. The number of hydrogen-bond acceptors (Lipinski definition) is 2. The lowest BCUT2D eigenvalue weighted by molar-refractivity contribution is -0.122. The molecule has 2 aromatic carbocycles. The predicted molar refractivity (Wildman–Crippen MR) is 105 cm³/mol. The largest absolute Gasteiger partial charge is 0.481 e. The Balaban J connectivity index is 2.18. The highest BCUT2D eigenvalue weighted by molar-refractivity contribution is 5.95. The van der Waals surface area contributed by atoms with Crippen molar-refractivity contribution < 1.29 is 9.53 Å². The molecule has 0 aliphatic rings. The second-order valence-corrected chi connectivity index (χ2v) is 7.22. The van der Waals surface area contributed by atoms with Crippen LogP contribution in [-0.4, -0.2) is 12.0 Å². The molecule has 0 fully saturated rings. The van der Waals surface area contributed by atoms with Crippen molar-refractivity contribution in [2.75, 3.05) is 5.32 Å². The number of aryl methyl sites for hydroxylation is 4. The van der Waals surface area contributed by atoms with Crippen LogP contribution >= 0.6 is 0 Å². The summed E-state index contributed by atoms with van der Waals surface area (Å²) in [5, 5.41) is 3.03. The zero-order chi connectivity index (χ0) is 18.7. The summed E-state index contributed by atoms with van der Waals surface area (Å²) in [6, 6.07) is 10.3. The van der Waals surface area contributed by atoms with Gasteiger partial charge in [-0.05, 0) is 68.9 Å². The van der Waals surface area contributed by atoms with Crippen LogP contribution in [0.25, 0.3) is 0 Å². The van der Waals surface area contributed by atoms with E-state index in [0.717, 1.165) is 33.7 Å². The van der Waals surface area contributed by atoms with Gasteiger partial charge in [-0.1, -0.05) is 43.7 Å². The van der Waals surface area contributed by atoms with E-state index in [9.17, 15) is 4.79 Å². The minimum absolute atomic E-state index is 0.133. The average molecular weight is 339 g/mol. The quantitative estimate of drug-likeness (QED) is 0.786. The van der Waals surface area contributed by atoms with Crippen molar-refractivity contribution in [3.05, 3.63) is 58.1 Å². The lowest BCUT2D eigenvalue weighted by Gasteiger charge is -2.20. The molecule has 3 nitrogen and oxygen atoms in total. The number of amides is 1. The van der Waals surface area contributed by atoms with Crippen molar-refractivity contribution in [1.82, 2.24) is 0 Å². The molecule has 0 aliphatic carbocycles. The molecule has 0 radical (unpaired) electrons.